The average Bonchev–Trinajstić information content (AvgIpc) is 2.26. The fraction of sp³-hybridized carbons (Fsp3) is 0.857. The molecule has 0 aromatic carbocycles. The van der Waals surface area contributed by atoms with Crippen LogP contribution in [-0.4, -0.2) is 29.3 Å². The minimum Gasteiger partial charge on any atom is -0.481 e. The first-order valence-electron chi connectivity index (χ1n) is 6.83. The van der Waals surface area contributed by atoms with Crippen LogP contribution in [0.3, 0.4) is 0 Å². The Morgan fingerprint density at radius 1 is 1.32 bits per heavy atom. The number of carboxylic acid groups (broad SMARTS) is 1. The second-order valence-corrected chi connectivity index (χ2v) is 6.69. The third-order valence-electron chi connectivity index (χ3n) is 3.66. The molecule has 1 fully saturated rings. The maximum Gasteiger partial charge on any atom is 0.407 e. The number of hydrogen-bond donors (Lipinski definition) is 2. The summed E-state index contributed by atoms with van der Waals surface area (Å²) in [6, 6.07) is 0. The number of amides is 1. The van der Waals surface area contributed by atoms with E-state index in [0.29, 0.717) is 25.3 Å². The summed E-state index contributed by atoms with van der Waals surface area (Å²) in [4.78, 5) is 22.6. The van der Waals surface area contributed by atoms with Crippen molar-refractivity contribution in [3.05, 3.63) is 0 Å². The molecule has 1 rings (SSSR count). The van der Waals surface area contributed by atoms with Gasteiger partial charge in [0.25, 0.3) is 0 Å². The normalized spacial score (nSPS) is 27.7. The van der Waals surface area contributed by atoms with Crippen LogP contribution in [0.1, 0.15) is 53.4 Å². The van der Waals surface area contributed by atoms with E-state index in [1.165, 1.54) is 0 Å². The molecule has 2 N–H and O–H groups in total. The largest absolute Gasteiger partial charge is 0.481 e. The molecule has 0 radical (unpaired) electrons. The Balaban J connectivity index is 2.31. The van der Waals surface area contributed by atoms with Crippen LogP contribution in [0.5, 0.6) is 0 Å². The summed E-state index contributed by atoms with van der Waals surface area (Å²) in [6.07, 6.45) is 2.60. The van der Waals surface area contributed by atoms with Crippen molar-refractivity contribution in [1.82, 2.24) is 5.32 Å². The average molecular weight is 271 g/mol. The van der Waals surface area contributed by atoms with Gasteiger partial charge in [-0.05, 0) is 59.3 Å². The molecule has 110 valence electrons. The Morgan fingerprint density at radius 3 is 2.26 bits per heavy atom. The number of hydrogen-bond acceptors (Lipinski definition) is 3. The Bertz CT molecular complexity index is 338. The molecule has 0 bridgehead atoms. The molecule has 0 heterocycles. The number of carbonyl (C=O) groups is 2. The van der Waals surface area contributed by atoms with Gasteiger partial charge in [-0.3, -0.25) is 4.79 Å². The van der Waals surface area contributed by atoms with E-state index in [0.717, 1.165) is 12.8 Å². The first-order chi connectivity index (χ1) is 8.62. The molecule has 0 spiro atoms. The van der Waals surface area contributed by atoms with Crippen molar-refractivity contribution in [1.29, 1.82) is 0 Å². The number of carboxylic acids is 1. The van der Waals surface area contributed by atoms with Crippen molar-refractivity contribution in [2.75, 3.05) is 6.54 Å². The van der Waals surface area contributed by atoms with Crippen LogP contribution >= 0.6 is 0 Å². The van der Waals surface area contributed by atoms with Gasteiger partial charge in [0.1, 0.15) is 5.60 Å². The predicted molar refractivity (Wildman–Crippen MR) is 71.9 cm³/mol. The van der Waals surface area contributed by atoms with Gasteiger partial charge < -0.3 is 15.2 Å². The third-order valence-corrected chi connectivity index (χ3v) is 3.66. The lowest BCUT2D eigenvalue weighted by molar-refractivity contribution is -0.150. The van der Waals surface area contributed by atoms with Crippen LogP contribution in [0.2, 0.25) is 0 Å². The van der Waals surface area contributed by atoms with Gasteiger partial charge in [0, 0.05) is 6.54 Å². The molecule has 1 aliphatic rings. The van der Waals surface area contributed by atoms with Crippen LogP contribution in [-0.2, 0) is 9.53 Å². The molecule has 0 aromatic heterocycles. The fourth-order valence-electron chi connectivity index (χ4n) is 2.27. The van der Waals surface area contributed by atoms with Gasteiger partial charge in [0.05, 0.1) is 5.41 Å². The molecule has 1 aliphatic carbocycles. The molecule has 1 amide bonds. The maximum absolute atomic E-state index is 11.5. The lowest BCUT2D eigenvalue weighted by Gasteiger charge is -2.34. The first-order valence-corrected chi connectivity index (χ1v) is 6.83. The van der Waals surface area contributed by atoms with Crippen molar-refractivity contribution in [3.8, 4) is 0 Å². The van der Waals surface area contributed by atoms with Gasteiger partial charge >= 0.3 is 12.1 Å². The van der Waals surface area contributed by atoms with Crippen molar-refractivity contribution >= 4 is 12.1 Å². The second kappa shape index (κ2) is 5.80. The monoisotopic (exact) mass is 271 g/mol. The molecular weight excluding hydrogens is 246 g/mol. The maximum atomic E-state index is 11.5. The SMILES string of the molecule is CC(C)(C)OC(=O)NCC1CCC(C)(C(=O)O)CC1. The van der Waals surface area contributed by atoms with Crippen molar-refractivity contribution in [3.63, 3.8) is 0 Å². The van der Waals surface area contributed by atoms with E-state index >= 15 is 0 Å². The summed E-state index contributed by atoms with van der Waals surface area (Å²) < 4.78 is 5.16. The van der Waals surface area contributed by atoms with E-state index in [1.807, 2.05) is 20.8 Å². The minimum absolute atomic E-state index is 0.347. The molecule has 5 nitrogen and oxygen atoms in total. The summed E-state index contributed by atoms with van der Waals surface area (Å²) in [5.74, 6) is -0.369. The van der Waals surface area contributed by atoms with Gasteiger partial charge in [-0.1, -0.05) is 0 Å². The van der Waals surface area contributed by atoms with Crippen LogP contribution in [0.15, 0.2) is 0 Å². The molecule has 0 aliphatic heterocycles. The summed E-state index contributed by atoms with van der Waals surface area (Å²) in [6.45, 7) is 7.83. The topological polar surface area (TPSA) is 75.6 Å². The summed E-state index contributed by atoms with van der Waals surface area (Å²) in [7, 11) is 0. The summed E-state index contributed by atoms with van der Waals surface area (Å²) in [5.41, 5.74) is -1.08. The number of ether oxygens (including phenoxy) is 1. The van der Waals surface area contributed by atoms with Gasteiger partial charge in [-0.2, -0.15) is 0 Å². The highest BCUT2D eigenvalue weighted by Crippen LogP contribution is 2.38. The fourth-order valence-corrected chi connectivity index (χ4v) is 2.27. The van der Waals surface area contributed by atoms with E-state index in [1.54, 1.807) is 6.92 Å². The highest BCUT2D eigenvalue weighted by atomic mass is 16.6. The van der Waals surface area contributed by atoms with E-state index in [9.17, 15) is 9.59 Å². The summed E-state index contributed by atoms with van der Waals surface area (Å²) in [5, 5.41) is 11.9. The van der Waals surface area contributed by atoms with E-state index in [4.69, 9.17) is 9.84 Å². The Labute approximate surface area is 114 Å². The summed E-state index contributed by atoms with van der Waals surface area (Å²) >= 11 is 0. The molecular formula is C14H25NO4. The molecule has 19 heavy (non-hydrogen) atoms. The van der Waals surface area contributed by atoms with E-state index in [-0.39, 0.29) is 0 Å². The van der Waals surface area contributed by atoms with Gasteiger partial charge in [0.2, 0.25) is 0 Å². The third kappa shape index (κ3) is 5.09. The molecule has 0 aromatic rings. The zero-order valence-electron chi connectivity index (χ0n) is 12.3. The van der Waals surface area contributed by atoms with Gasteiger partial charge in [-0.15, -0.1) is 0 Å². The second-order valence-electron chi connectivity index (χ2n) is 6.69. The van der Waals surface area contributed by atoms with Crippen LogP contribution in [0.25, 0.3) is 0 Å². The van der Waals surface area contributed by atoms with Crippen molar-refractivity contribution in [2.45, 2.75) is 59.0 Å². The molecule has 0 atom stereocenters. The highest BCUT2D eigenvalue weighted by Gasteiger charge is 2.37. The lowest BCUT2D eigenvalue weighted by atomic mass is 9.72. The number of nitrogens with one attached hydrogen (secondary N) is 1. The zero-order chi connectivity index (χ0) is 14.7. The minimum atomic E-state index is -0.717. The number of carbonyl (C=O) groups excluding carboxylic acids is 1. The molecule has 5 heteroatoms. The van der Waals surface area contributed by atoms with Crippen LogP contribution < -0.4 is 5.32 Å². The van der Waals surface area contributed by atoms with Gasteiger partial charge in [-0.25, -0.2) is 4.79 Å². The smallest absolute Gasteiger partial charge is 0.407 e. The van der Waals surface area contributed by atoms with Crippen LogP contribution in [0.4, 0.5) is 4.79 Å². The molecule has 0 saturated heterocycles. The predicted octanol–water partition coefficient (Wildman–Crippen LogP) is 2.79. The zero-order valence-corrected chi connectivity index (χ0v) is 12.3. The van der Waals surface area contributed by atoms with Crippen molar-refractivity contribution in [2.24, 2.45) is 11.3 Å². The van der Waals surface area contributed by atoms with Gasteiger partial charge in [0.15, 0.2) is 0 Å². The van der Waals surface area contributed by atoms with E-state index < -0.39 is 23.1 Å². The highest BCUT2D eigenvalue weighted by molar-refractivity contribution is 5.74. The standard InChI is InChI=1S/C14H25NO4/c1-13(2,3)19-12(18)15-9-10-5-7-14(4,8-6-10)11(16)17/h10H,5-9H2,1-4H3,(H,15,18)(H,16,17). The number of alkyl carbamates (subject to hydrolysis) is 1. The Morgan fingerprint density at radius 2 is 1.84 bits per heavy atom. The quantitative estimate of drug-likeness (QED) is 0.827. The van der Waals surface area contributed by atoms with E-state index in [2.05, 4.69) is 5.32 Å². The Hall–Kier alpha value is -1.26. The first kappa shape index (κ1) is 15.8. The van der Waals surface area contributed by atoms with Crippen LogP contribution in [0, 0.1) is 11.3 Å². The number of aliphatic carboxylic acids is 1. The number of rotatable bonds is 3. The lowest BCUT2D eigenvalue weighted by Crippen LogP contribution is -2.38. The molecule has 1 saturated carbocycles. The van der Waals surface area contributed by atoms with Crippen molar-refractivity contribution < 1.29 is 19.4 Å². The Kier molecular flexibility index (Phi) is 4.82. The molecule has 0 unspecified atom stereocenters.